The van der Waals surface area contributed by atoms with Crippen molar-refractivity contribution < 1.29 is 14.9 Å². The third-order valence-electron chi connectivity index (χ3n) is 3.66. The lowest BCUT2D eigenvalue weighted by Crippen LogP contribution is -2.35. The van der Waals surface area contributed by atoms with E-state index in [1.807, 2.05) is 24.3 Å². The lowest BCUT2D eigenvalue weighted by atomic mass is 10.1. The predicted molar refractivity (Wildman–Crippen MR) is 78.7 cm³/mol. The molecule has 1 fully saturated rings. The van der Waals surface area contributed by atoms with Gasteiger partial charge in [0.1, 0.15) is 0 Å². The average molecular weight is 300 g/mol. The van der Waals surface area contributed by atoms with Crippen molar-refractivity contribution in [2.75, 3.05) is 26.3 Å². The average Bonchev–Trinajstić information content (AvgIpc) is 3.22. The van der Waals surface area contributed by atoms with Gasteiger partial charge in [0.05, 0.1) is 19.3 Å². The Bertz CT molecular complexity index is 406. The molecule has 3 N–H and O–H groups in total. The molecular weight excluding hydrogens is 278 g/mol. The molecule has 1 saturated carbocycles. The summed E-state index contributed by atoms with van der Waals surface area (Å²) in [6.07, 6.45) is 1.61. The zero-order chi connectivity index (χ0) is 14.4. The summed E-state index contributed by atoms with van der Waals surface area (Å²) in [5.41, 5.74) is 1.11. The van der Waals surface area contributed by atoms with Gasteiger partial charge in [-0.05, 0) is 30.5 Å². The molecule has 1 aromatic carbocycles. The molecule has 20 heavy (non-hydrogen) atoms. The molecule has 0 aromatic heterocycles. The second-order valence-electron chi connectivity index (χ2n) is 5.58. The van der Waals surface area contributed by atoms with Gasteiger partial charge in [0.25, 0.3) is 0 Å². The molecule has 1 aliphatic rings. The van der Waals surface area contributed by atoms with E-state index in [1.165, 1.54) is 0 Å². The van der Waals surface area contributed by atoms with Crippen LogP contribution in [-0.2, 0) is 11.3 Å². The van der Waals surface area contributed by atoms with Gasteiger partial charge < -0.3 is 20.3 Å². The number of aliphatic hydroxyl groups excluding tert-OH is 2. The van der Waals surface area contributed by atoms with Crippen LogP contribution in [0.5, 0.6) is 0 Å². The van der Waals surface area contributed by atoms with Gasteiger partial charge in [-0.2, -0.15) is 0 Å². The molecule has 0 spiro atoms. The largest absolute Gasteiger partial charge is 0.396 e. The van der Waals surface area contributed by atoms with Crippen LogP contribution in [0.4, 0.5) is 0 Å². The number of aliphatic hydroxyl groups is 2. The Morgan fingerprint density at radius 1 is 1.30 bits per heavy atom. The number of rotatable bonds is 9. The van der Waals surface area contributed by atoms with E-state index >= 15 is 0 Å². The molecule has 4 nitrogen and oxygen atoms in total. The molecule has 0 saturated heterocycles. The monoisotopic (exact) mass is 299 g/mol. The van der Waals surface area contributed by atoms with Crippen LogP contribution < -0.4 is 5.32 Å². The zero-order valence-corrected chi connectivity index (χ0v) is 12.3. The minimum absolute atomic E-state index is 0.0733. The first-order valence-corrected chi connectivity index (χ1v) is 7.33. The van der Waals surface area contributed by atoms with Crippen LogP contribution in [0.15, 0.2) is 24.3 Å². The van der Waals surface area contributed by atoms with E-state index < -0.39 is 6.10 Å². The fourth-order valence-electron chi connectivity index (χ4n) is 2.02. The highest BCUT2D eigenvalue weighted by Gasteiger charge is 2.41. The number of benzene rings is 1. The van der Waals surface area contributed by atoms with Crippen LogP contribution in [-0.4, -0.2) is 42.6 Å². The van der Waals surface area contributed by atoms with Crippen molar-refractivity contribution in [3.05, 3.63) is 34.9 Å². The molecule has 5 heteroatoms. The lowest BCUT2D eigenvalue weighted by Gasteiger charge is -2.16. The maximum absolute atomic E-state index is 9.79. The molecule has 1 unspecified atom stereocenters. The second kappa shape index (κ2) is 7.38. The molecule has 2 rings (SSSR count). The van der Waals surface area contributed by atoms with Crippen LogP contribution in [0.2, 0.25) is 5.02 Å². The zero-order valence-electron chi connectivity index (χ0n) is 11.5. The standard InChI is InChI=1S/C15H22ClNO3/c16-13-3-1-12(2-4-13)8-20-9-14(19)7-17-10-15(11-18)5-6-15/h1-4,14,17-19H,5-11H2. The van der Waals surface area contributed by atoms with Gasteiger partial charge in [-0.3, -0.25) is 0 Å². The van der Waals surface area contributed by atoms with Crippen molar-refractivity contribution in [2.24, 2.45) is 5.41 Å². The van der Waals surface area contributed by atoms with Gasteiger partial charge in [-0.1, -0.05) is 23.7 Å². The summed E-state index contributed by atoms with van der Waals surface area (Å²) >= 11 is 5.80. The second-order valence-corrected chi connectivity index (χ2v) is 6.02. The molecule has 0 amide bonds. The Morgan fingerprint density at radius 3 is 2.60 bits per heavy atom. The highest BCUT2D eigenvalue weighted by molar-refractivity contribution is 6.30. The van der Waals surface area contributed by atoms with Gasteiger partial charge >= 0.3 is 0 Å². The van der Waals surface area contributed by atoms with Crippen molar-refractivity contribution in [1.82, 2.24) is 5.32 Å². The summed E-state index contributed by atoms with van der Waals surface area (Å²) in [6, 6.07) is 7.46. The first-order valence-electron chi connectivity index (χ1n) is 6.95. The Kier molecular flexibility index (Phi) is 5.81. The topological polar surface area (TPSA) is 61.7 Å². The molecule has 1 aromatic rings. The summed E-state index contributed by atoms with van der Waals surface area (Å²) in [5.74, 6) is 0. The summed E-state index contributed by atoms with van der Waals surface area (Å²) in [7, 11) is 0. The molecule has 0 radical (unpaired) electrons. The molecule has 1 aliphatic carbocycles. The van der Waals surface area contributed by atoms with Crippen molar-refractivity contribution in [3.63, 3.8) is 0 Å². The lowest BCUT2D eigenvalue weighted by molar-refractivity contribution is 0.0279. The third-order valence-corrected chi connectivity index (χ3v) is 3.92. The van der Waals surface area contributed by atoms with E-state index in [1.54, 1.807) is 0 Å². The number of hydrogen-bond donors (Lipinski definition) is 3. The Labute approximate surface area is 124 Å². The van der Waals surface area contributed by atoms with Crippen molar-refractivity contribution >= 4 is 11.6 Å². The van der Waals surface area contributed by atoms with Crippen molar-refractivity contribution in [2.45, 2.75) is 25.6 Å². The maximum atomic E-state index is 9.79. The van der Waals surface area contributed by atoms with Crippen LogP contribution >= 0.6 is 11.6 Å². The normalized spacial score (nSPS) is 17.9. The SMILES string of the molecule is OCC1(CNCC(O)COCc2ccc(Cl)cc2)CC1. The molecule has 1 atom stereocenters. The maximum Gasteiger partial charge on any atom is 0.0897 e. The third kappa shape index (κ3) is 5.04. The Hall–Kier alpha value is -0.650. The fraction of sp³-hybridized carbons (Fsp3) is 0.600. The number of hydrogen-bond acceptors (Lipinski definition) is 4. The van der Waals surface area contributed by atoms with E-state index in [2.05, 4.69) is 5.32 Å². The smallest absolute Gasteiger partial charge is 0.0897 e. The summed E-state index contributed by atoms with van der Waals surface area (Å²) in [6.45, 7) is 2.24. The molecule has 112 valence electrons. The molecular formula is C15H22ClNO3. The Morgan fingerprint density at radius 2 is 2.00 bits per heavy atom. The molecule has 0 bridgehead atoms. The first kappa shape index (κ1) is 15.7. The van der Waals surface area contributed by atoms with Gasteiger partial charge in [-0.25, -0.2) is 0 Å². The Balaban J connectivity index is 1.56. The summed E-state index contributed by atoms with van der Waals surface area (Å²) < 4.78 is 5.46. The van der Waals surface area contributed by atoms with Gasteiger partial charge in [0.2, 0.25) is 0 Å². The van der Waals surface area contributed by atoms with Crippen LogP contribution in [0.25, 0.3) is 0 Å². The van der Waals surface area contributed by atoms with E-state index in [4.69, 9.17) is 16.3 Å². The van der Waals surface area contributed by atoms with E-state index in [0.717, 1.165) is 24.9 Å². The minimum Gasteiger partial charge on any atom is -0.396 e. The number of ether oxygens (including phenoxy) is 1. The van der Waals surface area contributed by atoms with Gasteiger partial charge in [0.15, 0.2) is 0 Å². The van der Waals surface area contributed by atoms with Crippen LogP contribution in [0.1, 0.15) is 18.4 Å². The van der Waals surface area contributed by atoms with Crippen molar-refractivity contribution in [1.29, 1.82) is 0 Å². The number of halogens is 1. The van der Waals surface area contributed by atoms with Gasteiger partial charge in [0, 0.05) is 30.1 Å². The van der Waals surface area contributed by atoms with E-state index in [-0.39, 0.29) is 12.0 Å². The summed E-state index contributed by atoms with van der Waals surface area (Å²) in [5, 5.41) is 22.9. The molecule has 0 aliphatic heterocycles. The van der Waals surface area contributed by atoms with Crippen molar-refractivity contribution in [3.8, 4) is 0 Å². The number of nitrogens with one attached hydrogen (secondary N) is 1. The van der Waals surface area contributed by atoms with E-state index in [9.17, 15) is 10.2 Å². The summed E-state index contributed by atoms with van der Waals surface area (Å²) in [4.78, 5) is 0. The minimum atomic E-state index is -0.531. The highest BCUT2D eigenvalue weighted by atomic mass is 35.5. The van der Waals surface area contributed by atoms with Gasteiger partial charge in [-0.15, -0.1) is 0 Å². The first-order chi connectivity index (χ1) is 9.63. The predicted octanol–water partition coefficient (Wildman–Crippen LogP) is 1.58. The van der Waals surface area contributed by atoms with Crippen LogP contribution in [0, 0.1) is 5.41 Å². The van der Waals surface area contributed by atoms with Crippen LogP contribution in [0.3, 0.4) is 0 Å². The fourth-order valence-corrected chi connectivity index (χ4v) is 2.15. The molecule has 0 heterocycles. The quantitative estimate of drug-likeness (QED) is 0.648. The van der Waals surface area contributed by atoms with E-state index in [0.29, 0.717) is 24.8 Å². The highest BCUT2D eigenvalue weighted by Crippen LogP contribution is 2.44.